The molecule has 4 nitrogen and oxygen atoms in total. The van der Waals surface area contributed by atoms with Crippen molar-refractivity contribution in [3.63, 3.8) is 0 Å². The van der Waals surface area contributed by atoms with Gasteiger partial charge in [-0.3, -0.25) is 9.59 Å². The second-order valence-electron chi connectivity index (χ2n) is 5.02. The Kier molecular flexibility index (Phi) is 11.9. The molecule has 1 unspecified atom stereocenters. The number of unbranched alkanes of at least 4 members (excludes halogenated alkanes) is 4. The van der Waals surface area contributed by atoms with E-state index in [1.165, 1.54) is 12.8 Å². The van der Waals surface area contributed by atoms with E-state index in [4.69, 9.17) is 9.84 Å². The molecule has 0 heterocycles. The van der Waals surface area contributed by atoms with Gasteiger partial charge >= 0.3 is 11.9 Å². The summed E-state index contributed by atoms with van der Waals surface area (Å²) in [4.78, 5) is 22.6. The smallest absolute Gasteiger partial charge is 0.309 e. The number of rotatable bonds is 12. The van der Waals surface area contributed by atoms with E-state index >= 15 is 0 Å². The van der Waals surface area contributed by atoms with Crippen LogP contribution in [0.4, 0.5) is 0 Å². The molecule has 0 spiro atoms. The van der Waals surface area contributed by atoms with Crippen molar-refractivity contribution < 1.29 is 19.4 Å². The first kappa shape index (κ1) is 18.7. The Morgan fingerprint density at radius 3 is 2.40 bits per heavy atom. The Morgan fingerprint density at radius 2 is 1.80 bits per heavy atom. The number of esters is 1. The summed E-state index contributed by atoms with van der Waals surface area (Å²) in [7, 11) is 0. The van der Waals surface area contributed by atoms with E-state index in [9.17, 15) is 9.59 Å². The summed E-state index contributed by atoms with van der Waals surface area (Å²) >= 11 is 0. The fourth-order valence-corrected chi connectivity index (χ4v) is 1.80. The second-order valence-corrected chi connectivity index (χ2v) is 5.02. The molecule has 0 aromatic heterocycles. The number of allylic oxidation sites excluding steroid dienone is 2. The highest BCUT2D eigenvalue weighted by Crippen LogP contribution is 2.13. The van der Waals surface area contributed by atoms with Gasteiger partial charge < -0.3 is 9.84 Å². The van der Waals surface area contributed by atoms with Crippen molar-refractivity contribution in [3.05, 3.63) is 12.2 Å². The van der Waals surface area contributed by atoms with Crippen LogP contribution in [-0.2, 0) is 14.3 Å². The molecule has 0 rings (SSSR count). The van der Waals surface area contributed by atoms with Crippen LogP contribution in [0.2, 0.25) is 0 Å². The van der Waals surface area contributed by atoms with Gasteiger partial charge in [-0.25, -0.2) is 0 Å². The Balaban J connectivity index is 4.12. The van der Waals surface area contributed by atoms with E-state index in [0.717, 1.165) is 25.7 Å². The summed E-state index contributed by atoms with van der Waals surface area (Å²) in [6.07, 6.45) is 10.5. The molecule has 0 radical (unpaired) electrons. The highest BCUT2D eigenvalue weighted by molar-refractivity contribution is 5.79. The first-order valence-electron chi connectivity index (χ1n) is 7.65. The van der Waals surface area contributed by atoms with Crippen LogP contribution in [0, 0.1) is 5.92 Å². The number of carboxylic acid groups (broad SMARTS) is 1. The van der Waals surface area contributed by atoms with E-state index < -0.39 is 11.9 Å². The molecule has 1 N–H and O–H groups in total. The summed E-state index contributed by atoms with van der Waals surface area (Å²) in [6.45, 7) is 4.55. The lowest BCUT2D eigenvalue weighted by Gasteiger charge is -2.12. The predicted molar refractivity (Wildman–Crippen MR) is 79.5 cm³/mol. The van der Waals surface area contributed by atoms with Crippen LogP contribution in [0.5, 0.6) is 0 Å². The van der Waals surface area contributed by atoms with Crippen molar-refractivity contribution in [1.82, 2.24) is 0 Å². The Hall–Kier alpha value is -1.32. The fourth-order valence-electron chi connectivity index (χ4n) is 1.80. The highest BCUT2D eigenvalue weighted by Gasteiger charge is 2.21. The number of carboxylic acids is 1. The Morgan fingerprint density at radius 1 is 1.10 bits per heavy atom. The lowest BCUT2D eigenvalue weighted by molar-refractivity contribution is -0.153. The Bertz CT molecular complexity index is 297. The molecule has 0 aliphatic carbocycles. The molecule has 0 aliphatic heterocycles. The first-order chi connectivity index (χ1) is 9.61. The van der Waals surface area contributed by atoms with Gasteiger partial charge in [0.1, 0.15) is 0 Å². The van der Waals surface area contributed by atoms with Crippen molar-refractivity contribution in [1.29, 1.82) is 0 Å². The van der Waals surface area contributed by atoms with E-state index in [0.29, 0.717) is 13.0 Å². The molecule has 4 heteroatoms. The topological polar surface area (TPSA) is 63.6 Å². The van der Waals surface area contributed by atoms with Crippen LogP contribution in [-0.4, -0.2) is 23.7 Å². The zero-order chi connectivity index (χ0) is 15.2. The van der Waals surface area contributed by atoms with Crippen LogP contribution >= 0.6 is 0 Å². The molecule has 0 fully saturated rings. The number of carbonyl (C=O) groups excluding carboxylic acids is 1. The van der Waals surface area contributed by atoms with Gasteiger partial charge in [-0.1, -0.05) is 45.3 Å². The van der Waals surface area contributed by atoms with Crippen molar-refractivity contribution in [3.8, 4) is 0 Å². The predicted octanol–water partition coefficient (Wildman–Crippen LogP) is 3.95. The molecule has 0 aliphatic rings. The number of carbonyl (C=O) groups is 2. The molecule has 0 aromatic carbocycles. The summed E-state index contributed by atoms with van der Waals surface area (Å²) in [5.74, 6) is -1.91. The van der Waals surface area contributed by atoms with E-state index in [-0.39, 0.29) is 12.4 Å². The average molecular weight is 284 g/mol. The third-order valence-corrected chi connectivity index (χ3v) is 3.06. The molecular weight excluding hydrogens is 256 g/mol. The third-order valence-electron chi connectivity index (χ3n) is 3.06. The van der Waals surface area contributed by atoms with Crippen LogP contribution in [0.15, 0.2) is 12.2 Å². The minimum absolute atomic E-state index is 0.162. The van der Waals surface area contributed by atoms with Gasteiger partial charge in [0.15, 0.2) is 0 Å². The zero-order valence-electron chi connectivity index (χ0n) is 12.8. The van der Waals surface area contributed by atoms with Crippen LogP contribution in [0.3, 0.4) is 0 Å². The average Bonchev–Trinajstić information content (AvgIpc) is 2.41. The second kappa shape index (κ2) is 12.7. The summed E-state index contributed by atoms with van der Waals surface area (Å²) < 4.78 is 5.10. The van der Waals surface area contributed by atoms with Gasteiger partial charge in [-0.2, -0.15) is 0 Å². The quantitative estimate of drug-likeness (QED) is 0.335. The fraction of sp³-hybridized carbons (Fsp3) is 0.750. The molecule has 1 atom stereocenters. The van der Waals surface area contributed by atoms with Crippen LogP contribution < -0.4 is 0 Å². The molecular formula is C16H28O4. The standard InChI is InChI=1S/C16H28O4/c1-3-5-7-8-9-10-11-14(13-15(17)18)16(19)20-12-6-4-2/h9-10,14H,3-8,11-13H2,1-2H3,(H,17,18)/b10-9+. The maximum absolute atomic E-state index is 11.8. The lowest BCUT2D eigenvalue weighted by atomic mass is 10.0. The molecule has 20 heavy (non-hydrogen) atoms. The molecule has 0 amide bonds. The first-order valence-corrected chi connectivity index (χ1v) is 7.65. The minimum atomic E-state index is -0.957. The van der Waals surface area contributed by atoms with Gasteiger partial charge in [0.25, 0.3) is 0 Å². The number of hydrogen-bond donors (Lipinski definition) is 1. The number of hydrogen-bond acceptors (Lipinski definition) is 3. The third kappa shape index (κ3) is 10.6. The van der Waals surface area contributed by atoms with E-state index in [1.807, 2.05) is 19.1 Å². The van der Waals surface area contributed by atoms with Gasteiger partial charge in [0.05, 0.1) is 18.9 Å². The van der Waals surface area contributed by atoms with Crippen molar-refractivity contribution >= 4 is 11.9 Å². The Labute approximate surface area is 122 Å². The molecule has 116 valence electrons. The van der Waals surface area contributed by atoms with Gasteiger partial charge in [-0.15, -0.1) is 0 Å². The molecule has 0 saturated carbocycles. The summed E-state index contributed by atoms with van der Waals surface area (Å²) in [5, 5.41) is 8.85. The normalized spacial score (nSPS) is 12.5. The maximum atomic E-state index is 11.8. The lowest BCUT2D eigenvalue weighted by Crippen LogP contribution is -2.21. The van der Waals surface area contributed by atoms with Crippen molar-refractivity contribution in [2.24, 2.45) is 5.92 Å². The zero-order valence-corrected chi connectivity index (χ0v) is 12.8. The maximum Gasteiger partial charge on any atom is 0.309 e. The monoisotopic (exact) mass is 284 g/mol. The van der Waals surface area contributed by atoms with Crippen LogP contribution in [0.25, 0.3) is 0 Å². The highest BCUT2D eigenvalue weighted by atomic mass is 16.5. The van der Waals surface area contributed by atoms with E-state index in [2.05, 4.69) is 6.92 Å². The largest absolute Gasteiger partial charge is 0.481 e. The minimum Gasteiger partial charge on any atom is -0.481 e. The van der Waals surface area contributed by atoms with Crippen molar-refractivity contribution in [2.75, 3.05) is 6.61 Å². The van der Waals surface area contributed by atoms with Crippen LogP contribution in [0.1, 0.15) is 65.2 Å². The van der Waals surface area contributed by atoms with Gasteiger partial charge in [-0.05, 0) is 25.7 Å². The molecule has 0 saturated heterocycles. The molecule has 0 aromatic rings. The number of ether oxygens (including phenoxy) is 1. The SMILES string of the molecule is CCCCC/C=C/CC(CC(=O)O)C(=O)OCCCC. The summed E-state index contributed by atoms with van der Waals surface area (Å²) in [6, 6.07) is 0. The summed E-state index contributed by atoms with van der Waals surface area (Å²) in [5.41, 5.74) is 0. The van der Waals surface area contributed by atoms with Gasteiger partial charge in [0, 0.05) is 0 Å². The number of aliphatic carboxylic acids is 1. The van der Waals surface area contributed by atoms with E-state index in [1.54, 1.807) is 0 Å². The van der Waals surface area contributed by atoms with Gasteiger partial charge in [0.2, 0.25) is 0 Å². The van der Waals surface area contributed by atoms with Crippen molar-refractivity contribution in [2.45, 2.75) is 65.2 Å². The molecule has 0 bridgehead atoms.